The van der Waals surface area contributed by atoms with E-state index < -0.39 is 21.7 Å². The maximum Gasteiger partial charge on any atom is 0.244 e. The smallest absolute Gasteiger partial charge is 0.244 e. The summed E-state index contributed by atoms with van der Waals surface area (Å²) in [5, 5.41) is 2.59. The third kappa shape index (κ3) is 5.21. The number of ether oxygens (including phenoxy) is 1. The second-order valence-electron chi connectivity index (χ2n) is 7.84. The number of carbonyl (C=O) groups is 2. The lowest BCUT2D eigenvalue weighted by atomic mass is 10.1. The van der Waals surface area contributed by atoms with Gasteiger partial charge in [-0.05, 0) is 36.4 Å². The molecule has 1 atom stereocenters. The van der Waals surface area contributed by atoms with Gasteiger partial charge in [0.1, 0.15) is 12.4 Å². The highest BCUT2D eigenvalue weighted by atomic mass is 32.2. The fraction of sp³-hybridized carbons (Fsp3) is 0.364. The van der Waals surface area contributed by atoms with Gasteiger partial charge in [0.05, 0.1) is 23.8 Å². The highest BCUT2D eigenvalue weighted by Gasteiger charge is 2.32. The predicted octanol–water partition coefficient (Wildman–Crippen LogP) is 2.56. The van der Waals surface area contributed by atoms with Crippen molar-refractivity contribution in [3.8, 4) is 0 Å². The van der Waals surface area contributed by atoms with Gasteiger partial charge in [0.15, 0.2) is 0 Å². The van der Waals surface area contributed by atoms with Crippen molar-refractivity contribution in [2.45, 2.75) is 16.7 Å². The number of anilines is 2. The summed E-state index contributed by atoms with van der Waals surface area (Å²) >= 11 is 1.44. The van der Waals surface area contributed by atoms with Crippen LogP contribution in [0.4, 0.5) is 15.8 Å². The molecule has 0 aromatic heterocycles. The Morgan fingerprint density at radius 3 is 2.70 bits per heavy atom. The Morgan fingerprint density at radius 2 is 1.97 bits per heavy atom. The molecule has 0 saturated carbocycles. The first-order chi connectivity index (χ1) is 15.8. The van der Waals surface area contributed by atoms with Crippen molar-refractivity contribution in [1.82, 2.24) is 4.31 Å². The second-order valence-corrected chi connectivity index (χ2v) is 10.8. The molecule has 11 heteroatoms. The topological polar surface area (TPSA) is 96.0 Å². The van der Waals surface area contributed by atoms with E-state index in [1.54, 1.807) is 19.1 Å². The van der Waals surface area contributed by atoms with Gasteiger partial charge in [0.25, 0.3) is 0 Å². The first-order valence-corrected chi connectivity index (χ1v) is 12.9. The summed E-state index contributed by atoms with van der Waals surface area (Å²) in [5.74, 6) is -1.16. The van der Waals surface area contributed by atoms with Crippen LogP contribution in [0.15, 0.2) is 52.3 Å². The van der Waals surface area contributed by atoms with Gasteiger partial charge in [0.2, 0.25) is 21.8 Å². The summed E-state index contributed by atoms with van der Waals surface area (Å²) in [6.45, 7) is 2.59. The van der Waals surface area contributed by atoms with Crippen molar-refractivity contribution in [1.29, 1.82) is 0 Å². The average molecular weight is 494 g/mol. The van der Waals surface area contributed by atoms with E-state index in [-0.39, 0.29) is 42.0 Å². The zero-order valence-electron chi connectivity index (χ0n) is 18.0. The van der Waals surface area contributed by atoms with Crippen molar-refractivity contribution in [2.75, 3.05) is 48.8 Å². The number of hydrogen-bond donors (Lipinski definition) is 1. The molecule has 2 aliphatic rings. The number of thioether (sulfide) groups is 1. The fourth-order valence-electron chi connectivity index (χ4n) is 3.67. The molecule has 0 bridgehead atoms. The molecular weight excluding hydrogens is 469 g/mol. The van der Waals surface area contributed by atoms with Gasteiger partial charge in [-0.1, -0.05) is 13.0 Å². The molecule has 0 spiro atoms. The van der Waals surface area contributed by atoms with Gasteiger partial charge in [-0.15, -0.1) is 11.8 Å². The molecule has 2 aromatic rings. The number of hydrogen-bond acceptors (Lipinski definition) is 6. The molecule has 2 aliphatic heterocycles. The second kappa shape index (κ2) is 9.80. The van der Waals surface area contributed by atoms with Gasteiger partial charge in [-0.3, -0.25) is 9.59 Å². The maximum atomic E-state index is 13.5. The summed E-state index contributed by atoms with van der Waals surface area (Å²) in [4.78, 5) is 27.9. The average Bonchev–Trinajstić information content (AvgIpc) is 2.91. The van der Waals surface area contributed by atoms with Crippen molar-refractivity contribution in [3.63, 3.8) is 0 Å². The van der Waals surface area contributed by atoms with Crippen molar-refractivity contribution < 1.29 is 27.1 Å². The van der Waals surface area contributed by atoms with Crippen LogP contribution in [0.25, 0.3) is 0 Å². The van der Waals surface area contributed by atoms with E-state index >= 15 is 0 Å². The van der Waals surface area contributed by atoms with Gasteiger partial charge >= 0.3 is 0 Å². The third-order valence-electron chi connectivity index (χ3n) is 5.42. The quantitative estimate of drug-likeness (QED) is 0.688. The van der Waals surface area contributed by atoms with E-state index in [4.69, 9.17) is 4.74 Å². The Kier molecular flexibility index (Phi) is 7.03. The number of nitrogens with zero attached hydrogens (tertiary/aromatic N) is 2. The standard InChI is InChI=1S/C22H24FN3O5S2/c1-15-14-32-20-6-5-18(33(29,30)25-7-9-31-10-8-25)12-19(20)26(22(15)28)13-21(27)24-17-4-2-3-16(23)11-17/h2-6,11-12,15H,7-10,13-14H2,1H3,(H,24,27)/t15-/m0/s1. The van der Waals surface area contributed by atoms with Crippen LogP contribution in [0.3, 0.4) is 0 Å². The molecule has 1 N–H and O–H groups in total. The predicted molar refractivity (Wildman–Crippen MR) is 123 cm³/mol. The first-order valence-electron chi connectivity index (χ1n) is 10.5. The fourth-order valence-corrected chi connectivity index (χ4v) is 6.15. The van der Waals surface area contributed by atoms with Crippen LogP contribution in [0.2, 0.25) is 0 Å². The van der Waals surface area contributed by atoms with E-state index in [1.807, 2.05) is 0 Å². The summed E-state index contributed by atoms with van der Waals surface area (Å²) in [6, 6.07) is 10.1. The number of morpholine rings is 1. The van der Waals surface area contributed by atoms with Crippen molar-refractivity contribution in [3.05, 3.63) is 48.3 Å². The Hall–Kier alpha value is -2.47. The SMILES string of the molecule is C[C@H]1CSc2ccc(S(=O)(=O)N3CCOCC3)cc2N(CC(=O)Nc2cccc(F)c2)C1=O. The lowest BCUT2D eigenvalue weighted by Crippen LogP contribution is -2.42. The number of benzene rings is 2. The van der Waals surface area contributed by atoms with E-state index in [0.29, 0.717) is 29.5 Å². The molecule has 33 heavy (non-hydrogen) atoms. The lowest BCUT2D eigenvalue weighted by molar-refractivity contribution is -0.123. The van der Waals surface area contributed by atoms with Crippen LogP contribution in [0, 0.1) is 11.7 Å². The van der Waals surface area contributed by atoms with Crippen LogP contribution in [-0.4, -0.2) is 63.1 Å². The Bertz CT molecular complexity index is 1170. The number of nitrogens with one attached hydrogen (secondary N) is 1. The van der Waals surface area contributed by atoms with Gasteiger partial charge in [-0.2, -0.15) is 4.31 Å². The molecular formula is C22H24FN3O5S2. The monoisotopic (exact) mass is 493 g/mol. The van der Waals surface area contributed by atoms with Crippen molar-refractivity contribution >= 4 is 45.0 Å². The Balaban J connectivity index is 1.65. The van der Waals surface area contributed by atoms with Crippen molar-refractivity contribution in [2.24, 2.45) is 5.92 Å². The first kappa shape index (κ1) is 23.7. The van der Waals surface area contributed by atoms with Crippen LogP contribution in [0.5, 0.6) is 0 Å². The van der Waals surface area contributed by atoms with Gasteiger partial charge in [-0.25, -0.2) is 12.8 Å². The minimum Gasteiger partial charge on any atom is -0.379 e. The number of sulfonamides is 1. The van der Waals surface area contributed by atoms with Crippen LogP contribution in [0.1, 0.15) is 6.92 Å². The number of amides is 2. The summed E-state index contributed by atoms with van der Waals surface area (Å²) in [5.41, 5.74) is 0.645. The van der Waals surface area contributed by atoms with Gasteiger partial charge in [0, 0.05) is 35.3 Å². The number of rotatable bonds is 5. The van der Waals surface area contributed by atoms with Crippen LogP contribution >= 0.6 is 11.8 Å². The zero-order valence-corrected chi connectivity index (χ0v) is 19.6. The maximum absolute atomic E-state index is 13.5. The molecule has 0 aliphatic carbocycles. The van der Waals surface area contributed by atoms with Gasteiger partial charge < -0.3 is 15.0 Å². The van der Waals surface area contributed by atoms with E-state index in [2.05, 4.69) is 5.32 Å². The number of halogens is 1. The molecule has 2 amide bonds. The highest BCUT2D eigenvalue weighted by Crippen LogP contribution is 2.38. The van der Waals surface area contributed by atoms with Crippen LogP contribution < -0.4 is 10.2 Å². The minimum absolute atomic E-state index is 0.0571. The molecule has 2 aromatic carbocycles. The largest absolute Gasteiger partial charge is 0.379 e. The molecule has 0 radical (unpaired) electrons. The molecule has 0 unspecified atom stereocenters. The number of carbonyl (C=O) groups excluding carboxylic acids is 2. The summed E-state index contributed by atoms with van der Waals surface area (Å²) in [7, 11) is -3.78. The third-order valence-corrected chi connectivity index (χ3v) is 8.63. The zero-order chi connectivity index (χ0) is 23.6. The molecule has 4 rings (SSSR count). The van der Waals surface area contributed by atoms with E-state index in [1.165, 1.54) is 51.3 Å². The molecule has 1 saturated heterocycles. The summed E-state index contributed by atoms with van der Waals surface area (Å²) < 4.78 is 46.4. The summed E-state index contributed by atoms with van der Waals surface area (Å²) in [6.07, 6.45) is 0. The van der Waals surface area contributed by atoms with E-state index in [9.17, 15) is 22.4 Å². The molecule has 8 nitrogen and oxygen atoms in total. The van der Waals surface area contributed by atoms with Crippen LogP contribution in [-0.2, 0) is 24.3 Å². The molecule has 176 valence electrons. The molecule has 2 heterocycles. The Labute approximate surface area is 196 Å². The lowest BCUT2D eigenvalue weighted by Gasteiger charge is -2.27. The Morgan fingerprint density at radius 1 is 1.21 bits per heavy atom. The minimum atomic E-state index is -3.78. The molecule has 1 fully saturated rings. The normalized spacial score (nSPS) is 19.6. The highest BCUT2D eigenvalue weighted by molar-refractivity contribution is 7.99. The number of fused-ring (bicyclic) bond motifs is 1. The van der Waals surface area contributed by atoms with E-state index in [0.717, 1.165) is 0 Å².